The van der Waals surface area contributed by atoms with Gasteiger partial charge in [-0.05, 0) is 37.1 Å². The molecule has 0 saturated carbocycles. The van der Waals surface area contributed by atoms with E-state index in [9.17, 15) is 9.59 Å². The molecule has 2 rings (SSSR count). The number of anilines is 1. The maximum absolute atomic E-state index is 12.5. The van der Waals surface area contributed by atoms with Crippen molar-refractivity contribution in [3.05, 3.63) is 53.7 Å². The summed E-state index contributed by atoms with van der Waals surface area (Å²) < 4.78 is 5.40. The third kappa shape index (κ3) is 5.20. The molecule has 0 spiro atoms. The number of nitrogens with two attached hydrogens (primary N) is 1. The van der Waals surface area contributed by atoms with E-state index < -0.39 is 12.1 Å². The van der Waals surface area contributed by atoms with Crippen LogP contribution in [0.4, 0.5) is 10.5 Å². The summed E-state index contributed by atoms with van der Waals surface area (Å²) in [5.74, 6) is 0.0737. The minimum Gasteiger partial charge on any atom is -0.476 e. The largest absolute Gasteiger partial charge is 0.476 e. The fourth-order valence-electron chi connectivity index (χ4n) is 2.51. The molecule has 0 radical (unpaired) electrons. The quantitative estimate of drug-likeness (QED) is 0.719. The molecule has 0 fully saturated rings. The van der Waals surface area contributed by atoms with Gasteiger partial charge in [0.05, 0.1) is 19.1 Å². The van der Waals surface area contributed by atoms with E-state index in [4.69, 9.17) is 10.5 Å². The van der Waals surface area contributed by atoms with Crippen LogP contribution in [0.25, 0.3) is 0 Å². The van der Waals surface area contributed by atoms with Crippen molar-refractivity contribution < 1.29 is 14.3 Å². The Bertz CT molecular complexity index is 749. The SMILES string of the molecule is CCOc1ncccc1NC(=O)CC(NC(N)=O)c1ccccc1C. The number of amides is 3. The van der Waals surface area contributed by atoms with Crippen molar-refractivity contribution in [2.24, 2.45) is 5.73 Å². The fraction of sp³-hybridized carbons (Fsp3) is 0.278. The Morgan fingerprint density at radius 1 is 1.24 bits per heavy atom. The highest BCUT2D eigenvalue weighted by Crippen LogP contribution is 2.24. The number of nitrogens with one attached hydrogen (secondary N) is 2. The zero-order valence-corrected chi connectivity index (χ0v) is 14.3. The summed E-state index contributed by atoms with van der Waals surface area (Å²) in [4.78, 5) is 27.9. The highest BCUT2D eigenvalue weighted by molar-refractivity contribution is 5.92. The number of urea groups is 1. The average molecular weight is 342 g/mol. The van der Waals surface area contributed by atoms with Gasteiger partial charge in [-0.2, -0.15) is 0 Å². The molecule has 1 aromatic heterocycles. The van der Waals surface area contributed by atoms with Crippen LogP contribution in [0.1, 0.15) is 30.5 Å². The van der Waals surface area contributed by atoms with Crippen molar-refractivity contribution in [3.8, 4) is 5.88 Å². The Hall–Kier alpha value is -3.09. The highest BCUT2D eigenvalue weighted by atomic mass is 16.5. The van der Waals surface area contributed by atoms with Crippen molar-refractivity contribution in [2.45, 2.75) is 26.3 Å². The Labute approximate surface area is 146 Å². The van der Waals surface area contributed by atoms with Gasteiger partial charge in [-0.3, -0.25) is 4.79 Å². The molecule has 132 valence electrons. The second-order valence-corrected chi connectivity index (χ2v) is 5.46. The number of primary amides is 1. The third-order valence-electron chi connectivity index (χ3n) is 3.60. The monoisotopic (exact) mass is 342 g/mol. The standard InChI is InChI=1S/C18H22N4O3/c1-3-25-17-14(9-6-10-20-17)21-16(23)11-15(22-18(19)24)13-8-5-4-7-12(13)2/h4-10,15H,3,11H2,1-2H3,(H,21,23)(H3,19,22,24). The van der Waals surface area contributed by atoms with Crippen LogP contribution in [0.2, 0.25) is 0 Å². The molecule has 0 bridgehead atoms. The number of benzene rings is 1. The van der Waals surface area contributed by atoms with E-state index in [0.717, 1.165) is 11.1 Å². The van der Waals surface area contributed by atoms with Crippen molar-refractivity contribution in [3.63, 3.8) is 0 Å². The van der Waals surface area contributed by atoms with E-state index in [1.54, 1.807) is 18.3 Å². The summed E-state index contributed by atoms with van der Waals surface area (Å²) in [6.45, 7) is 4.19. The van der Waals surface area contributed by atoms with Crippen molar-refractivity contribution >= 4 is 17.6 Å². The first kappa shape index (κ1) is 18.3. The second-order valence-electron chi connectivity index (χ2n) is 5.46. The first-order valence-electron chi connectivity index (χ1n) is 8.00. The van der Waals surface area contributed by atoms with E-state index in [-0.39, 0.29) is 12.3 Å². The summed E-state index contributed by atoms with van der Waals surface area (Å²) in [6, 6.07) is 9.73. The van der Waals surface area contributed by atoms with Crippen LogP contribution in [-0.2, 0) is 4.79 Å². The molecule has 4 N–H and O–H groups in total. The molecule has 1 heterocycles. The van der Waals surface area contributed by atoms with Gasteiger partial charge in [-0.25, -0.2) is 9.78 Å². The summed E-state index contributed by atoms with van der Waals surface area (Å²) in [5.41, 5.74) is 7.55. The van der Waals surface area contributed by atoms with E-state index >= 15 is 0 Å². The number of ether oxygens (including phenoxy) is 1. The van der Waals surface area contributed by atoms with Gasteiger partial charge >= 0.3 is 6.03 Å². The minimum absolute atomic E-state index is 0.0360. The van der Waals surface area contributed by atoms with Gasteiger partial charge in [-0.1, -0.05) is 24.3 Å². The third-order valence-corrected chi connectivity index (χ3v) is 3.60. The normalized spacial score (nSPS) is 11.4. The molecule has 0 aliphatic rings. The molecule has 7 heteroatoms. The second kappa shape index (κ2) is 8.68. The van der Waals surface area contributed by atoms with Gasteiger partial charge in [0.15, 0.2) is 0 Å². The lowest BCUT2D eigenvalue weighted by atomic mass is 9.98. The number of carbonyl (C=O) groups is 2. The number of rotatable bonds is 7. The van der Waals surface area contributed by atoms with Gasteiger partial charge in [0.2, 0.25) is 11.8 Å². The van der Waals surface area contributed by atoms with Crippen molar-refractivity contribution in [1.82, 2.24) is 10.3 Å². The van der Waals surface area contributed by atoms with Crippen LogP contribution in [0.5, 0.6) is 5.88 Å². The summed E-state index contributed by atoms with van der Waals surface area (Å²) in [6.07, 6.45) is 1.62. The first-order chi connectivity index (χ1) is 12.0. The number of hydrogen-bond donors (Lipinski definition) is 3. The zero-order valence-electron chi connectivity index (χ0n) is 14.3. The van der Waals surface area contributed by atoms with Gasteiger partial charge in [0, 0.05) is 6.20 Å². The molecule has 2 aromatic rings. The number of nitrogens with zero attached hydrogens (tertiary/aromatic N) is 1. The van der Waals surface area contributed by atoms with Crippen LogP contribution in [0.15, 0.2) is 42.6 Å². The highest BCUT2D eigenvalue weighted by Gasteiger charge is 2.20. The van der Waals surface area contributed by atoms with Crippen LogP contribution < -0.4 is 21.1 Å². The van der Waals surface area contributed by atoms with Crippen LogP contribution in [0.3, 0.4) is 0 Å². The molecule has 25 heavy (non-hydrogen) atoms. The Kier molecular flexibility index (Phi) is 6.33. The molecule has 1 aromatic carbocycles. The molecular formula is C18H22N4O3. The average Bonchev–Trinajstić information content (AvgIpc) is 2.56. The minimum atomic E-state index is -0.683. The molecule has 7 nitrogen and oxygen atoms in total. The number of carbonyl (C=O) groups excluding carboxylic acids is 2. The summed E-state index contributed by atoms with van der Waals surface area (Å²) in [5, 5.41) is 5.39. The molecule has 1 atom stereocenters. The summed E-state index contributed by atoms with van der Waals surface area (Å²) in [7, 11) is 0. The molecule has 1 unspecified atom stereocenters. The lowest BCUT2D eigenvalue weighted by Crippen LogP contribution is -2.35. The van der Waals surface area contributed by atoms with Crippen LogP contribution in [0, 0.1) is 6.92 Å². The number of hydrogen-bond acceptors (Lipinski definition) is 4. The maximum Gasteiger partial charge on any atom is 0.312 e. The number of pyridine rings is 1. The Morgan fingerprint density at radius 2 is 2.00 bits per heavy atom. The number of aromatic nitrogens is 1. The zero-order chi connectivity index (χ0) is 18.2. The maximum atomic E-state index is 12.5. The van der Waals surface area contributed by atoms with Crippen molar-refractivity contribution in [1.29, 1.82) is 0 Å². The Balaban J connectivity index is 2.15. The fourth-order valence-corrected chi connectivity index (χ4v) is 2.51. The van der Waals surface area contributed by atoms with Gasteiger partial charge < -0.3 is 21.1 Å². The molecule has 0 saturated heterocycles. The molecule has 0 aliphatic carbocycles. The van der Waals surface area contributed by atoms with Crippen LogP contribution in [-0.4, -0.2) is 23.5 Å². The van der Waals surface area contributed by atoms with E-state index in [0.29, 0.717) is 18.2 Å². The van der Waals surface area contributed by atoms with Gasteiger partial charge in [-0.15, -0.1) is 0 Å². The molecule has 0 aliphatic heterocycles. The molecule has 3 amide bonds. The molecular weight excluding hydrogens is 320 g/mol. The van der Waals surface area contributed by atoms with Gasteiger partial charge in [0.1, 0.15) is 5.69 Å². The lowest BCUT2D eigenvalue weighted by molar-refractivity contribution is -0.116. The van der Waals surface area contributed by atoms with E-state index in [1.165, 1.54) is 0 Å². The van der Waals surface area contributed by atoms with Crippen LogP contribution >= 0.6 is 0 Å². The van der Waals surface area contributed by atoms with E-state index in [1.807, 2.05) is 38.1 Å². The lowest BCUT2D eigenvalue weighted by Gasteiger charge is -2.20. The van der Waals surface area contributed by atoms with E-state index in [2.05, 4.69) is 15.6 Å². The topological polar surface area (TPSA) is 106 Å². The van der Waals surface area contributed by atoms with Gasteiger partial charge in [0.25, 0.3) is 0 Å². The number of aryl methyl sites for hydroxylation is 1. The first-order valence-corrected chi connectivity index (χ1v) is 8.00. The summed E-state index contributed by atoms with van der Waals surface area (Å²) >= 11 is 0. The Morgan fingerprint density at radius 3 is 2.68 bits per heavy atom. The predicted molar refractivity (Wildman–Crippen MR) is 95.3 cm³/mol. The predicted octanol–water partition coefficient (Wildman–Crippen LogP) is 2.53. The smallest absolute Gasteiger partial charge is 0.312 e. The van der Waals surface area contributed by atoms with Crippen molar-refractivity contribution in [2.75, 3.05) is 11.9 Å².